The number of hydrogen-bond acceptors (Lipinski definition) is 6. The van der Waals surface area contributed by atoms with Gasteiger partial charge in [-0.1, -0.05) is 11.6 Å². The number of anilines is 1. The molecule has 0 atom stereocenters. The van der Waals surface area contributed by atoms with Gasteiger partial charge in [0.25, 0.3) is 5.69 Å². The van der Waals surface area contributed by atoms with Crippen LogP contribution in [0.4, 0.5) is 11.4 Å². The average Bonchev–Trinajstić information content (AvgIpc) is 2.45. The van der Waals surface area contributed by atoms with Crippen LogP contribution in [0.25, 0.3) is 0 Å². The Bertz CT molecular complexity index is 563. The number of hydrazone groups is 1. The predicted octanol–water partition coefficient (Wildman–Crippen LogP) is 2.13. The lowest BCUT2D eigenvalue weighted by atomic mass is 10.3. The largest absolute Gasteiger partial charge is 0.459 e. The predicted molar refractivity (Wildman–Crippen MR) is 74.4 cm³/mol. The summed E-state index contributed by atoms with van der Waals surface area (Å²) in [5, 5.41) is 13.6. The number of carbonyl (C=O) groups is 1. The van der Waals surface area contributed by atoms with Gasteiger partial charge in [-0.3, -0.25) is 15.5 Å². The highest BCUT2D eigenvalue weighted by atomic mass is 35.5. The highest BCUT2D eigenvalue weighted by Gasteiger charge is 2.10. The molecule has 0 heterocycles. The Balaban J connectivity index is 2.56. The fourth-order valence-corrected chi connectivity index (χ4v) is 1.18. The molecule has 1 rings (SSSR count). The lowest BCUT2D eigenvalue weighted by Crippen LogP contribution is -2.14. The van der Waals surface area contributed by atoms with Gasteiger partial charge < -0.3 is 4.74 Å². The Hall–Kier alpha value is -2.59. The van der Waals surface area contributed by atoms with Crippen molar-refractivity contribution in [2.45, 2.75) is 6.42 Å². The topological polar surface area (TPSA) is 93.8 Å². The van der Waals surface area contributed by atoms with Crippen molar-refractivity contribution < 1.29 is 14.5 Å². The van der Waals surface area contributed by atoms with E-state index in [1.54, 1.807) is 0 Å². The summed E-state index contributed by atoms with van der Waals surface area (Å²) in [7, 11) is 0. The van der Waals surface area contributed by atoms with Crippen molar-refractivity contribution in [3.8, 4) is 12.3 Å². The number of ether oxygens (including phenoxy) is 1. The van der Waals surface area contributed by atoms with E-state index in [1.807, 2.05) is 0 Å². The van der Waals surface area contributed by atoms with Crippen LogP contribution in [-0.4, -0.2) is 22.7 Å². The number of non-ortho nitro benzene ring substituents is 1. The van der Waals surface area contributed by atoms with Crippen LogP contribution in [-0.2, 0) is 9.53 Å². The molecular formula is C12H10ClN3O4. The number of nitro benzene ring substituents is 1. The molecule has 0 aromatic heterocycles. The number of nitrogens with zero attached hydrogens (tertiary/aromatic N) is 2. The molecule has 0 aliphatic rings. The number of esters is 1. The van der Waals surface area contributed by atoms with E-state index in [-0.39, 0.29) is 18.7 Å². The molecule has 0 bridgehead atoms. The molecule has 0 amide bonds. The number of halogens is 1. The van der Waals surface area contributed by atoms with E-state index in [4.69, 9.17) is 22.8 Å². The first-order chi connectivity index (χ1) is 9.54. The zero-order valence-corrected chi connectivity index (χ0v) is 11.0. The monoisotopic (exact) mass is 295 g/mol. The molecule has 0 saturated heterocycles. The van der Waals surface area contributed by atoms with Crippen molar-refractivity contribution in [2.24, 2.45) is 5.10 Å². The summed E-state index contributed by atoms with van der Waals surface area (Å²) >= 11 is 5.59. The SMILES string of the molecule is C#CCCOC(=O)C(Cl)=NNc1ccc([N+](=O)[O-])cc1. The molecule has 7 nitrogen and oxygen atoms in total. The molecule has 0 saturated carbocycles. The van der Waals surface area contributed by atoms with Gasteiger partial charge in [0.05, 0.1) is 10.6 Å². The van der Waals surface area contributed by atoms with Gasteiger partial charge >= 0.3 is 5.97 Å². The van der Waals surface area contributed by atoms with E-state index >= 15 is 0 Å². The van der Waals surface area contributed by atoms with Gasteiger partial charge in [0.15, 0.2) is 0 Å². The van der Waals surface area contributed by atoms with Crippen molar-refractivity contribution in [2.75, 3.05) is 12.0 Å². The second-order valence-corrected chi connectivity index (χ2v) is 3.77. The highest BCUT2D eigenvalue weighted by Crippen LogP contribution is 2.15. The van der Waals surface area contributed by atoms with Gasteiger partial charge in [-0.2, -0.15) is 5.10 Å². The van der Waals surface area contributed by atoms with Crippen LogP contribution in [0.3, 0.4) is 0 Å². The quantitative estimate of drug-likeness (QED) is 0.217. The molecule has 1 aromatic rings. The second-order valence-electron chi connectivity index (χ2n) is 3.41. The van der Waals surface area contributed by atoms with Crippen LogP contribution >= 0.6 is 11.6 Å². The number of benzene rings is 1. The third kappa shape index (κ3) is 4.96. The number of terminal acetylenes is 1. The summed E-state index contributed by atoms with van der Waals surface area (Å²) < 4.78 is 4.71. The average molecular weight is 296 g/mol. The third-order valence-electron chi connectivity index (χ3n) is 2.01. The standard InChI is InChI=1S/C12H10ClN3O4/c1-2-3-8-20-12(17)11(13)15-14-9-4-6-10(7-5-9)16(18)19/h1,4-7,14H,3,8H2. The lowest BCUT2D eigenvalue weighted by Gasteiger charge is -2.02. The van der Waals surface area contributed by atoms with Crippen molar-refractivity contribution in [3.05, 3.63) is 34.4 Å². The van der Waals surface area contributed by atoms with Crippen LogP contribution in [0, 0.1) is 22.5 Å². The molecule has 0 spiro atoms. The van der Waals surface area contributed by atoms with E-state index in [1.165, 1.54) is 24.3 Å². The molecule has 0 unspecified atom stereocenters. The molecule has 0 aliphatic heterocycles. The van der Waals surface area contributed by atoms with Gasteiger partial charge in [0.1, 0.15) is 6.61 Å². The Labute approximate surface area is 119 Å². The Kier molecular flexibility index (Phi) is 6.00. The minimum atomic E-state index is -0.809. The molecule has 0 aliphatic carbocycles. The van der Waals surface area contributed by atoms with Crippen molar-refractivity contribution >= 4 is 34.1 Å². The molecule has 1 aromatic carbocycles. The van der Waals surface area contributed by atoms with Crippen molar-refractivity contribution in [3.63, 3.8) is 0 Å². The van der Waals surface area contributed by atoms with Crippen molar-refractivity contribution in [1.82, 2.24) is 0 Å². The van der Waals surface area contributed by atoms with Gasteiger partial charge in [0.2, 0.25) is 5.17 Å². The lowest BCUT2D eigenvalue weighted by molar-refractivity contribution is -0.384. The minimum Gasteiger partial charge on any atom is -0.459 e. The van der Waals surface area contributed by atoms with E-state index < -0.39 is 16.1 Å². The summed E-state index contributed by atoms with van der Waals surface area (Å²) in [6, 6.07) is 5.43. The van der Waals surface area contributed by atoms with E-state index in [0.717, 1.165) is 0 Å². The van der Waals surface area contributed by atoms with E-state index in [0.29, 0.717) is 5.69 Å². The number of hydrogen-bond donors (Lipinski definition) is 1. The van der Waals surface area contributed by atoms with Gasteiger partial charge in [-0.05, 0) is 12.1 Å². The number of carbonyl (C=O) groups excluding carboxylic acids is 1. The van der Waals surface area contributed by atoms with Gasteiger partial charge in [-0.25, -0.2) is 4.79 Å². The Morgan fingerprint density at radius 1 is 1.50 bits per heavy atom. The summed E-state index contributed by atoms with van der Waals surface area (Å²) in [4.78, 5) is 21.2. The zero-order chi connectivity index (χ0) is 15.0. The summed E-state index contributed by atoms with van der Waals surface area (Å²) in [5.74, 6) is 1.49. The van der Waals surface area contributed by atoms with Crippen LogP contribution in [0.2, 0.25) is 0 Å². The maximum atomic E-state index is 11.3. The molecule has 8 heteroatoms. The summed E-state index contributed by atoms with van der Waals surface area (Å²) in [5.41, 5.74) is 2.85. The van der Waals surface area contributed by atoms with Gasteiger partial charge in [0, 0.05) is 18.6 Å². The summed E-state index contributed by atoms with van der Waals surface area (Å²) in [6.07, 6.45) is 5.28. The van der Waals surface area contributed by atoms with E-state index in [2.05, 4.69) is 16.4 Å². The fourth-order valence-electron chi connectivity index (χ4n) is 1.08. The first kappa shape index (κ1) is 15.5. The van der Waals surface area contributed by atoms with E-state index in [9.17, 15) is 14.9 Å². The van der Waals surface area contributed by atoms with Crippen LogP contribution < -0.4 is 5.43 Å². The molecule has 20 heavy (non-hydrogen) atoms. The van der Waals surface area contributed by atoms with Gasteiger partial charge in [-0.15, -0.1) is 12.3 Å². The molecule has 104 valence electrons. The first-order valence-corrected chi connectivity index (χ1v) is 5.76. The molecular weight excluding hydrogens is 286 g/mol. The maximum absolute atomic E-state index is 11.3. The van der Waals surface area contributed by atoms with Crippen molar-refractivity contribution in [1.29, 1.82) is 0 Å². The number of rotatable bonds is 6. The fraction of sp³-hybridized carbons (Fsp3) is 0.167. The first-order valence-electron chi connectivity index (χ1n) is 5.39. The third-order valence-corrected chi connectivity index (χ3v) is 2.25. The highest BCUT2D eigenvalue weighted by molar-refractivity contribution is 6.82. The molecule has 0 radical (unpaired) electrons. The zero-order valence-electron chi connectivity index (χ0n) is 10.2. The smallest absolute Gasteiger partial charge is 0.370 e. The second kappa shape index (κ2) is 7.76. The van der Waals surface area contributed by atoms with Crippen LogP contribution in [0.5, 0.6) is 0 Å². The Morgan fingerprint density at radius 3 is 2.70 bits per heavy atom. The molecule has 0 fully saturated rings. The number of nitrogens with one attached hydrogen (secondary N) is 1. The van der Waals surface area contributed by atoms with Crippen LogP contribution in [0.1, 0.15) is 6.42 Å². The van der Waals surface area contributed by atoms with Crippen LogP contribution in [0.15, 0.2) is 29.4 Å². The number of nitro groups is 1. The normalized spacial score (nSPS) is 10.5. The minimum absolute atomic E-state index is 0.0542. The maximum Gasteiger partial charge on any atom is 0.370 e. The molecule has 1 N–H and O–H groups in total. The Morgan fingerprint density at radius 2 is 2.15 bits per heavy atom. The summed E-state index contributed by atoms with van der Waals surface area (Å²) in [6.45, 7) is 0.0542.